The molecule has 2 saturated heterocycles. The first kappa shape index (κ1) is 18.4. The Morgan fingerprint density at radius 2 is 2.04 bits per heavy atom. The summed E-state index contributed by atoms with van der Waals surface area (Å²) in [7, 11) is 2.24. The summed E-state index contributed by atoms with van der Waals surface area (Å²) in [5, 5.41) is 0. The van der Waals surface area contributed by atoms with Crippen molar-refractivity contribution in [2.75, 3.05) is 39.8 Å². The van der Waals surface area contributed by atoms with Crippen LogP contribution in [-0.4, -0.2) is 75.3 Å². The minimum absolute atomic E-state index is 0.103. The van der Waals surface area contributed by atoms with E-state index in [1.807, 2.05) is 11.0 Å². The van der Waals surface area contributed by atoms with Crippen LogP contribution in [0.4, 0.5) is 0 Å². The van der Waals surface area contributed by atoms with E-state index >= 15 is 0 Å². The number of hydrogen-bond acceptors (Lipinski definition) is 4. The van der Waals surface area contributed by atoms with E-state index in [-0.39, 0.29) is 5.54 Å². The Morgan fingerprint density at radius 3 is 2.85 bits per heavy atom. The smallest absolute Gasteiger partial charge is 0.222 e. The van der Waals surface area contributed by atoms with Crippen LogP contribution in [0.1, 0.15) is 37.6 Å². The van der Waals surface area contributed by atoms with Crippen LogP contribution >= 0.6 is 0 Å². The van der Waals surface area contributed by atoms with Gasteiger partial charge >= 0.3 is 0 Å². The molecule has 1 atom stereocenters. The van der Waals surface area contributed by atoms with Gasteiger partial charge in [0, 0.05) is 57.4 Å². The van der Waals surface area contributed by atoms with Crippen LogP contribution in [0, 0.1) is 6.92 Å². The number of nitrogens with zero attached hydrogens (tertiary/aromatic N) is 5. The zero-order valence-electron chi connectivity index (χ0n) is 16.8. The van der Waals surface area contributed by atoms with Crippen molar-refractivity contribution in [1.82, 2.24) is 24.1 Å². The molecule has 6 heteroatoms. The summed E-state index contributed by atoms with van der Waals surface area (Å²) in [5.74, 6) is 0.317. The van der Waals surface area contributed by atoms with E-state index in [0.717, 1.165) is 63.5 Å². The van der Waals surface area contributed by atoms with Gasteiger partial charge < -0.3 is 9.30 Å². The highest BCUT2D eigenvalue weighted by Crippen LogP contribution is 2.32. The maximum Gasteiger partial charge on any atom is 0.222 e. The summed E-state index contributed by atoms with van der Waals surface area (Å²) in [6.07, 6.45) is 4.80. The fourth-order valence-electron chi connectivity index (χ4n) is 4.81. The third-order valence-electron chi connectivity index (χ3n) is 6.67. The van der Waals surface area contributed by atoms with Gasteiger partial charge in [-0.05, 0) is 45.9 Å². The Morgan fingerprint density at radius 1 is 1.19 bits per heavy atom. The molecule has 4 heterocycles. The number of imidazole rings is 1. The number of pyridine rings is 1. The van der Waals surface area contributed by atoms with Gasteiger partial charge in [0.05, 0.1) is 11.4 Å². The van der Waals surface area contributed by atoms with Crippen molar-refractivity contribution in [1.29, 1.82) is 0 Å². The first-order chi connectivity index (χ1) is 13.0. The summed E-state index contributed by atoms with van der Waals surface area (Å²) >= 11 is 0. The minimum atomic E-state index is 0.103. The Bertz CT molecular complexity index is 831. The van der Waals surface area contributed by atoms with E-state index in [4.69, 9.17) is 4.98 Å². The maximum atomic E-state index is 12.4. The van der Waals surface area contributed by atoms with Crippen molar-refractivity contribution < 1.29 is 4.79 Å². The van der Waals surface area contributed by atoms with Gasteiger partial charge in [0.15, 0.2) is 0 Å². The molecule has 0 bridgehead atoms. The number of piperazine rings is 1. The zero-order valence-corrected chi connectivity index (χ0v) is 16.8. The molecule has 0 unspecified atom stereocenters. The van der Waals surface area contributed by atoms with Crippen molar-refractivity contribution in [2.45, 2.75) is 45.2 Å². The lowest BCUT2D eigenvalue weighted by Crippen LogP contribution is -2.60. The highest BCUT2D eigenvalue weighted by Gasteiger charge is 2.42. The fraction of sp³-hybridized carbons (Fsp3) is 0.619. The van der Waals surface area contributed by atoms with Crippen LogP contribution in [0.3, 0.4) is 0 Å². The normalized spacial score (nSPS) is 25.4. The number of fused-ring (bicyclic) bond motifs is 1. The SMILES string of the molecule is CCN1CC[C@@]2(CCC1=O)CN(Cc1c(C)nc3ccccn13)CCN2C. The number of aryl methyl sites for hydroxylation is 1. The molecule has 0 aliphatic carbocycles. The highest BCUT2D eigenvalue weighted by atomic mass is 16.2. The van der Waals surface area contributed by atoms with E-state index < -0.39 is 0 Å². The molecular formula is C21H31N5O. The van der Waals surface area contributed by atoms with E-state index in [2.05, 4.69) is 53.4 Å². The number of carbonyl (C=O) groups is 1. The van der Waals surface area contributed by atoms with Crippen LogP contribution in [0.5, 0.6) is 0 Å². The Hall–Kier alpha value is -1.92. The molecular weight excluding hydrogens is 338 g/mol. The molecule has 0 aromatic carbocycles. The van der Waals surface area contributed by atoms with E-state index in [1.165, 1.54) is 5.69 Å². The number of amides is 1. The number of carbonyl (C=O) groups excluding carboxylic acids is 1. The highest BCUT2D eigenvalue weighted by molar-refractivity contribution is 5.76. The molecule has 0 saturated carbocycles. The van der Waals surface area contributed by atoms with Gasteiger partial charge in [-0.2, -0.15) is 0 Å². The predicted molar refractivity (Wildman–Crippen MR) is 107 cm³/mol. The molecule has 2 fully saturated rings. The fourth-order valence-corrected chi connectivity index (χ4v) is 4.81. The molecule has 0 radical (unpaired) electrons. The summed E-state index contributed by atoms with van der Waals surface area (Å²) in [5.41, 5.74) is 3.52. The van der Waals surface area contributed by atoms with Crippen LogP contribution in [-0.2, 0) is 11.3 Å². The first-order valence-electron chi connectivity index (χ1n) is 10.2. The second kappa shape index (κ2) is 7.24. The molecule has 1 amide bonds. The lowest BCUT2D eigenvalue weighted by molar-refractivity contribution is -0.130. The average molecular weight is 370 g/mol. The molecule has 2 aromatic heterocycles. The van der Waals surface area contributed by atoms with Crippen molar-refractivity contribution in [2.24, 2.45) is 0 Å². The van der Waals surface area contributed by atoms with Crippen LogP contribution in [0.25, 0.3) is 5.65 Å². The topological polar surface area (TPSA) is 44.1 Å². The maximum absolute atomic E-state index is 12.4. The second-order valence-electron chi connectivity index (χ2n) is 8.15. The third kappa shape index (κ3) is 3.36. The third-order valence-corrected chi connectivity index (χ3v) is 6.67. The Labute approximate surface area is 161 Å². The summed E-state index contributed by atoms with van der Waals surface area (Å²) in [4.78, 5) is 24.2. The van der Waals surface area contributed by atoms with Gasteiger partial charge in [-0.1, -0.05) is 6.07 Å². The number of aromatic nitrogens is 2. The number of likely N-dealkylation sites (N-methyl/N-ethyl adjacent to an activating group) is 1. The van der Waals surface area contributed by atoms with Crippen LogP contribution in [0.2, 0.25) is 0 Å². The van der Waals surface area contributed by atoms with Gasteiger partial charge in [0.2, 0.25) is 5.91 Å². The van der Waals surface area contributed by atoms with Gasteiger partial charge in [-0.25, -0.2) is 4.98 Å². The van der Waals surface area contributed by atoms with E-state index in [0.29, 0.717) is 12.3 Å². The molecule has 2 aliphatic rings. The lowest BCUT2D eigenvalue weighted by Gasteiger charge is -2.49. The molecule has 6 nitrogen and oxygen atoms in total. The van der Waals surface area contributed by atoms with Gasteiger partial charge in [0.1, 0.15) is 5.65 Å². The largest absolute Gasteiger partial charge is 0.343 e. The van der Waals surface area contributed by atoms with Gasteiger partial charge in [0.25, 0.3) is 0 Å². The van der Waals surface area contributed by atoms with Crippen LogP contribution < -0.4 is 0 Å². The monoisotopic (exact) mass is 369 g/mol. The number of hydrogen-bond donors (Lipinski definition) is 0. The second-order valence-corrected chi connectivity index (χ2v) is 8.15. The average Bonchev–Trinajstić information content (AvgIpc) is 2.88. The number of rotatable bonds is 3. The van der Waals surface area contributed by atoms with Crippen molar-refractivity contribution in [3.8, 4) is 0 Å². The minimum Gasteiger partial charge on any atom is -0.343 e. The van der Waals surface area contributed by atoms with E-state index in [1.54, 1.807) is 0 Å². The van der Waals surface area contributed by atoms with Crippen LogP contribution in [0.15, 0.2) is 24.4 Å². The van der Waals surface area contributed by atoms with Gasteiger partial charge in [-0.3, -0.25) is 14.6 Å². The predicted octanol–water partition coefficient (Wildman–Crippen LogP) is 2.16. The van der Waals surface area contributed by atoms with Crippen molar-refractivity contribution in [3.05, 3.63) is 35.8 Å². The zero-order chi connectivity index (χ0) is 19.0. The van der Waals surface area contributed by atoms with Crippen molar-refractivity contribution >= 4 is 11.6 Å². The standard InChI is InChI=1S/C21H31N5O/c1-4-25-12-10-21(9-8-20(25)27)16-24(14-13-23(21)3)15-18-17(2)22-19-7-5-6-11-26(18)19/h5-7,11H,4,8-10,12-16H2,1-3H3/t21-/m0/s1. The van der Waals surface area contributed by atoms with Gasteiger partial charge in [-0.15, -0.1) is 0 Å². The molecule has 0 N–H and O–H groups in total. The first-order valence-corrected chi connectivity index (χ1v) is 10.2. The van der Waals surface area contributed by atoms with E-state index in [9.17, 15) is 4.79 Å². The Kier molecular flexibility index (Phi) is 4.95. The summed E-state index contributed by atoms with van der Waals surface area (Å²) in [6.45, 7) is 9.94. The molecule has 146 valence electrons. The summed E-state index contributed by atoms with van der Waals surface area (Å²) in [6, 6.07) is 6.18. The quantitative estimate of drug-likeness (QED) is 0.832. The molecule has 2 aromatic rings. The number of likely N-dealkylation sites (tertiary alicyclic amines) is 1. The summed E-state index contributed by atoms with van der Waals surface area (Å²) < 4.78 is 2.22. The Balaban J connectivity index is 1.55. The van der Waals surface area contributed by atoms with Crippen molar-refractivity contribution in [3.63, 3.8) is 0 Å². The molecule has 1 spiro atoms. The lowest BCUT2D eigenvalue weighted by atomic mass is 9.86. The molecule has 4 rings (SSSR count). The molecule has 27 heavy (non-hydrogen) atoms. The molecule has 2 aliphatic heterocycles.